The average molecular weight is 1120 g/mol. The lowest BCUT2D eigenvalue weighted by molar-refractivity contribution is -0.166. The van der Waals surface area contributed by atoms with Crippen molar-refractivity contribution in [2.24, 2.45) is 0 Å². The summed E-state index contributed by atoms with van der Waals surface area (Å²) in [5.74, 6) is -1.02. The van der Waals surface area contributed by atoms with E-state index in [0.29, 0.717) is 19.3 Å². The largest absolute Gasteiger partial charge is 0.462 e. The first-order valence-corrected chi connectivity index (χ1v) is 32.6. The maximum Gasteiger partial charge on any atom is 0.306 e. The van der Waals surface area contributed by atoms with Crippen LogP contribution in [-0.4, -0.2) is 37.2 Å². The van der Waals surface area contributed by atoms with Crippen LogP contribution in [0, 0.1) is 0 Å². The molecule has 454 valence electrons. The number of hydrogen-bond donors (Lipinski definition) is 0. The van der Waals surface area contributed by atoms with Gasteiger partial charge in [-0.3, -0.25) is 14.4 Å². The molecule has 1 unspecified atom stereocenters. The topological polar surface area (TPSA) is 78.9 Å². The molecule has 0 radical (unpaired) electrons. The Morgan fingerprint density at radius 1 is 0.259 bits per heavy atom. The molecule has 0 aromatic carbocycles. The first-order chi connectivity index (χ1) is 40.0. The molecule has 0 aromatic heterocycles. The summed E-state index contributed by atoms with van der Waals surface area (Å²) in [6, 6.07) is 0. The minimum atomic E-state index is -0.826. The number of rotatable bonds is 57. The van der Waals surface area contributed by atoms with Gasteiger partial charge >= 0.3 is 17.9 Å². The van der Waals surface area contributed by atoms with Crippen molar-refractivity contribution in [2.75, 3.05) is 13.2 Å². The molecule has 0 bridgehead atoms. The number of carbonyl (C=O) groups is 3. The Bertz CT molecular complexity index is 1860. The molecule has 0 saturated carbocycles. The summed E-state index contributed by atoms with van der Waals surface area (Å²) >= 11 is 0. The standard InChI is InChI=1S/C75H118O6/c1-4-7-10-13-16-19-22-25-27-29-31-32-33-34-35-36-37-38-39-40-41-42-44-45-47-50-53-56-59-62-65-68-74(77)80-71-72(70-79-73(76)67-64-61-58-55-52-49-24-21-18-15-12-9-6-3)81-75(78)69-66-63-60-57-54-51-48-46-43-30-28-26-23-20-17-14-11-8-5-2/h7,9-10,12,16-21,25-28,31-32,34-35,37-38,40-41,43,46,49,52,58,61,72H,4-6,8,11,13-15,22-24,29-30,33,36,39,42,44-45,47-48,50-51,53-57,59-60,62-71H2,1-3H3/b10-7-,12-9-,19-16-,20-17-,21-18-,27-25-,28-26-,32-31-,35-34-,38-37-,41-40-,46-43-,52-49-,61-58-. The first kappa shape index (κ1) is 75.8. The van der Waals surface area contributed by atoms with E-state index in [-0.39, 0.29) is 37.5 Å². The monoisotopic (exact) mass is 1110 g/mol. The van der Waals surface area contributed by atoms with Crippen molar-refractivity contribution in [1.82, 2.24) is 0 Å². The van der Waals surface area contributed by atoms with Crippen LogP contribution >= 0.6 is 0 Å². The molecular weight excluding hydrogens is 997 g/mol. The van der Waals surface area contributed by atoms with Crippen LogP contribution in [0.25, 0.3) is 0 Å². The predicted molar refractivity (Wildman–Crippen MR) is 352 cm³/mol. The van der Waals surface area contributed by atoms with Crippen molar-refractivity contribution >= 4 is 17.9 Å². The molecule has 0 rings (SSSR count). The number of carbonyl (C=O) groups excluding carboxylic acids is 3. The van der Waals surface area contributed by atoms with Crippen LogP contribution < -0.4 is 0 Å². The second kappa shape index (κ2) is 67.3. The molecule has 81 heavy (non-hydrogen) atoms. The second-order valence-electron chi connectivity index (χ2n) is 20.9. The van der Waals surface area contributed by atoms with Crippen LogP contribution in [0.3, 0.4) is 0 Å². The lowest BCUT2D eigenvalue weighted by atomic mass is 10.1. The van der Waals surface area contributed by atoms with E-state index in [1.807, 2.05) is 12.2 Å². The fourth-order valence-corrected chi connectivity index (χ4v) is 8.38. The Kier molecular flexibility index (Phi) is 62.9. The van der Waals surface area contributed by atoms with Gasteiger partial charge in [0.25, 0.3) is 0 Å². The molecule has 0 saturated heterocycles. The van der Waals surface area contributed by atoms with Crippen molar-refractivity contribution in [3.8, 4) is 0 Å². The number of allylic oxidation sites excluding steroid dienone is 28. The summed E-state index contributed by atoms with van der Waals surface area (Å²) in [6.07, 6.45) is 99.5. The minimum Gasteiger partial charge on any atom is -0.462 e. The van der Waals surface area contributed by atoms with Crippen LogP contribution in [0.5, 0.6) is 0 Å². The predicted octanol–water partition coefficient (Wildman–Crippen LogP) is 22.7. The highest BCUT2D eigenvalue weighted by Gasteiger charge is 2.19. The van der Waals surface area contributed by atoms with Crippen LogP contribution in [0.15, 0.2) is 170 Å². The molecule has 1 atom stereocenters. The van der Waals surface area contributed by atoms with Crippen molar-refractivity contribution in [2.45, 2.75) is 271 Å². The Labute approximate surface area is 498 Å². The van der Waals surface area contributed by atoms with Crippen LogP contribution in [0.4, 0.5) is 0 Å². The summed E-state index contributed by atoms with van der Waals surface area (Å²) in [6.45, 7) is 6.30. The van der Waals surface area contributed by atoms with Gasteiger partial charge in [-0.25, -0.2) is 0 Å². The molecule has 6 nitrogen and oxygen atoms in total. The Morgan fingerprint density at radius 2 is 0.506 bits per heavy atom. The van der Waals surface area contributed by atoms with E-state index < -0.39 is 6.10 Å². The van der Waals surface area contributed by atoms with Gasteiger partial charge in [-0.2, -0.15) is 0 Å². The van der Waals surface area contributed by atoms with Gasteiger partial charge in [0.05, 0.1) is 0 Å². The van der Waals surface area contributed by atoms with Gasteiger partial charge in [-0.05, 0) is 141 Å². The van der Waals surface area contributed by atoms with E-state index >= 15 is 0 Å². The third kappa shape index (κ3) is 65.5. The number of unbranched alkanes of at least 4 members (excludes halogenated alkanes) is 18. The van der Waals surface area contributed by atoms with Crippen molar-refractivity contribution in [1.29, 1.82) is 0 Å². The Morgan fingerprint density at radius 3 is 0.827 bits per heavy atom. The molecule has 0 amide bonds. The van der Waals surface area contributed by atoms with E-state index in [2.05, 4.69) is 179 Å². The second-order valence-corrected chi connectivity index (χ2v) is 20.9. The Balaban J connectivity index is 4.38. The van der Waals surface area contributed by atoms with Crippen LogP contribution in [-0.2, 0) is 28.6 Å². The van der Waals surface area contributed by atoms with Gasteiger partial charge in [-0.1, -0.05) is 274 Å². The molecule has 0 heterocycles. The maximum atomic E-state index is 12.9. The summed E-state index contributed by atoms with van der Waals surface area (Å²) in [4.78, 5) is 38.3. The SMILES string of the molecule is CC/C=C\C/C=C\C/C=C\C/C=C\C/C=C\C/C=C\C/C=C\CCCCCCCCCCCC(=O)OCC(COC(=O)CC/C=C\C/C=C\C/C=C\C/C=C\CC)OC(=O)CCCCCCCC/C=C\C/C=C\C/C=C\CCCCC. The third-order valence-electron chi connectivity index (χ3n) is 13.2. The van der Waals surface area contributed by atoms with E-state index in [9.17, 15) is 14.4 Å². The zero-order chi connectivity index (χ0) is 58.5. The molecular formula is C75H118O6. The maximum absolute atomic E-state index is 12.9. The minimum absolute atomic E-state index is 0.116. The quantitative estimate of drug-likeness (QED) is 0.0261. The van der Waals surface area contributed by atoms with E-state index in [1.165, 1.54) is 77.0 Å². The normalized spacial score (nSPS) is 13.3. The van der Waals surface area contributed by atoms with Gasteiger partial charge in [0.15, 0.2) is 6.10 Å². The zero-order valence-electron chi connectivity index (χ0n) is 52.0. The summed E-state index contributed by atoms with van der Waals surface area (Å²) in [5, 5.41) is 0. The van der Waals surface area contributed by atoms with E-state index in [4.69, 9.17) is 14.2 Å². The highest BCUT2D eigenvalue weighted by Crippen LogP contribution is 2.14. The molecule has 0 aliphatic heterocycles. The highest BCUT2D eigenvalue weighted by molar-refractivity contribution is 5.71. The highest BCUT2D eigenvalue weighted by atomic mass is 16.6. The number of esters is 3. The lowest BCUT2D eigenvalue weighted by Gasteiger charge is -2.18. The molecule has 0 N–H and O–H groups in total. The summed E-state index contributed by atoms with van der Waals surface area (Å²) in [7, 11) is 0. The number of hydrogen-bond acceptors (Lipinski definition) is 6. The molecule has 6 heteroatoms. The van der Waals surface area contributed by atoms with Gasteiger partial charge in [0.2, 0.25) is 0 Å². The Hall–Kier alpha value is -5.23. The van der Waals surface area contributed by atoms with Crippen molar-refractivity contribution in [3.63, 3.8) is 0 Å². The molecule has 0 aliphatic rings. The fourth-order valence-electron chi connectivity index (χ4n) is 8.38. The average Bonchev–Trinajstić information content (AvgIpc) is 3.46. The molecule has 0 aromatic rings. The smallest absolute Gasteiger partial charge is 0.306 e. The van der Waals surface area contributed by atoms with Crippen LogP contribution in [0.2, 0.25) is 0 Å². The first-order valence-electron chi connectivity index (χ1n) is 32.6. The van der Waals surface area contributed by atoms with Gasteiger partial charge in [0, 0.05) is 19.3 Å². The van der Waals surface area contributed by atoms with Gasteiger partial charge in [0.1, 0.15) is 13.2 Å². The number of ether oxygens (including phenoxy) is 3. The summed E-state index contributed by atoms with van der Waals surface area (Å²) in [5.41, 5.74) is 0. The van der Waals surface area contributed by atoms with E-state index in [1.54, 1.807) is 0 Å². The van der Waals surface area contributed by atoms with Gasteiger partial charge in [-0.15, -0.1) is 0 Å². The van der Waals surface area contributed by atoms with Gasteiger partial charge < -0.3 is 14.2 Å². The molecule has 0 spiro atoms. The van der Waals surface area contributed by atoms with E-state index in [0.717, 1.165) is 141 Å². The third-order valence-corrected chi connectivity index (χ3v) is 13.2. The zero-order valence-corrected chi connectivity index (χ0v) is 52.0. The van der Waals surface area contributed by atoms with Crippen molar-refractivity contribution < 1.29 is 28.6 Å². The summed E-state index contributed by atoms with van der Waals surface area (Å²) < 4.78 is 16.8. The lowest BCUT2D eigenvalue weighted by Crippen LogP contribution is -2.30. The fraction of sp³-hybridized carbons (Fsp3) is 0.587. The van der Waals surface area contributed by atoms with Crippen LogP contribution in [0.1, 0.15) is 265 Å². The molecule has 0 fully saturated rings. The molecule has 0 aliphatic carbocycles. The van der Waals surface area contributed by atoms with Crippen molar-refractivity contribution in [3.05, 3.63) is 170 Å².